The summed E-state index contributed by atoms with van der Waals surface area (Å²) in [4.78, 5) is 55.3. The standard InChI is InChI=1S/C40H43N3O6S2/c1-5-33(38(46)43-39-35(40(47)49-7-3)31-21-16-25(4)22-34(31)51-39)50-30-15-11-14-28(24-30)41-37(45)32(42-36(44)27-12-9-8-10-13-27)23-26-17-19-29(20-18-26)48-6-2/h8-15,17-20,23-25,33H,5-7,16,21-22H2,1-4H3,(H,41,45)(H,42,44)(H,43,46)/b32-23+. The second-order valence-electron chi connectivity index (χ2n) is 12.1. The van der Waals surface area contributed by atoms with Crippen molar-refractivity contribution >= 4 is 63.6 Å². The summed E-state index contributed by atoms with van der Waals surface area (Å²) in [5, 5.41) is 8.80. The quantitative estimate of drug-likeness (QED) is 0.0678. The van der Waals surface area contributed by atoms with Crippen LogP contribution in [-0.2, 0) is 27.2 Å². The van der Waals surface area contributed by atoms with Gasteiger partial charge in [-0.05, 0) is 105 Å². The van der Waals surface area contributed by atoms with Crippen LogP contribution in [0.3, 0.4) is 0 Å². The van der Waals surface area contributed by atoms with E-state index in [0.717, 1.165) is 34.6 Å². The second kappa shape index (κ2) is 17.9. The minimum Gasteiger partial charge on any atom is -0.494 e. The average molecular weight is 726 g/mol. The van der Waals surface area contributed by atoms with Crippen molar-refractivity contribution < 1.29 is 28.7 Å². The van der Waals surface area contributed by atoms with Gasteiger partial charge in [0.25, 0.3) is 11.8 Å². The number of thiophene rings is 1. The summed E-state index contributed by atoms with van der Waals surface area (Å²) < 4.78 is 10.9. The van der Waals surface area contributed by atoms with Gasteiger partial charge >= 0.3 is 5.97 Å². The maximum absolute atomic E-state index is 13.7. The van der Waals surface area contributed by atoms with Crippen LogP contribution in [0.5, 0.6) is 5.75 Å². The van der Waals surface area contributed by atoms with Crippen LogP contribution in [0, 0.1) is 5.92 Å². The van der Waals surface area contributed by atoms with Crippen molar-refractivity contribution in [3.63, 3.8) is 0 Å². The first-order chi connectivity index (χ1) is 24.7. The Hall–Kier alpha value is -4.87. The number of benzene rings is 3. The molecule has 11 heteroatoms. The Morgan fingerprint density at radius 3 is 2.41 bits per heavy atom. The van der Waals surface area contributed by atoms with Crippen LogP contribution in [0.2, 0.25) is 0 Å². The number of fused-ring (bicyclic) bond motifs is 1. The van der Waals surface area contributed by atoms with Crippen molar-refractivity contribution in [1.29, 1.82) is 0 Å². The lowest BCUT2D eigenvalue weighted by Gasteiger charge is -2.18. The van der Waals surface area contributed by atoms with Gasteiger partial charge in [0.1, 0.15) is 16.4 Å². The van der Waals surface area contributed by atoms with E-state index in [1.807, 2.05) is 38.1 Å². The molecule has 0 aliphatic heterocycles. The lowest BCUT2D eigenvalue weighted by Crippen LogP contribution is -2.30. The average Bonchev–Trinajstić information content (AvgIpc) is 3.48. The summed E-state index contributed by atoms with van der Waals surface area (Å²) in [5.74, 6) is -0.330. The highest BCUT2D eigenvalue weighted by atomic mass is 32.2. The third-order valence-electron chi connectivity index (χ3n) is 8.29. The van der Waals surface area contributed by atoms with Gasteiger partial charge in [0, 0.05) is 21.0 Å². The van der Waals surface area contributed by atoms with Crippen LogP contribution < -0.4 is 20.7 Å². The zero-order chi connectivity index (χ0) is 36.3. The van der Waals surface area contributed by atoms with Gasteiger partial charge in [-0.25, -0.2) is 4.79 Å². The van der Waals surface area contributed by atoms with Crippen LogP contribution in [-0.4, -0.2) is 42.2 Å². The summed E-state index contributed by atoms with van der Waals surface area (Å²) in [6.45, 7) is 8.60. The lowest BCUT2D eigenvalue weighted by atomic mass is 9.88. The first-order valence-corrected chi connectivity index (χ1v) is 18.9. The van der Waals surface area contributed by atoms with Gasteiger partial charge in [0.15, 0.2) is 0 Å². The first kappa shape index (κ1) is 37.4. The van der Waals surface area contributed by atoms with Gasteiger partial charge in [0.2, 0.25) is 5.91 Å². The molecule has 1 aliphatic rings. The van der Waals surface area contributed by atoms with Crippen molar-refractivity contribution in [2.45, 2.75) is 63.5 Å². The Morgan fingerprint density at radius 2 is 1.71 bits per heavy atom. The van der Waals surface area contributed by atoms with Gasteiger partial charge in [-0.15, -0.1) is 23.1 Å². The summed E-state index contributed by atoms with van der Waals surface area (Å²) in [6.07, 6.45) is 4.79. The van der Waals surface area contributed by atoms with Crippen molar-refractivity contribution in [3.05, 3.63) is 112 Å². The molecule has 0 saturated carbocycles. The largest absolute Gasteiger partial charge is 0.494 e. The van der Waals surface area contributed by atoms with E-state index in [2.05, 4.69) is 22.9 Å². The van der Waals surface area contributed by atoms with Crippen molar-refractivity contribution in [1.82, 2.24) is 5.32 Å². The molecule has 0 bridgehead atoms. The molecule has 0 saturated heterocycles. The molecule has 1 aromatic heterocycles. The third-order valence-corrected chi connectivity index (χ3v) is 10.8. The molecule has 0 radical (unpaired) electrons. The molecule has 266 valence electrons. The number of carbonyl (C=O) groups is 4. The van der Waals surface area contributed by atoms with E-state index >= 15 is 0 Å². The van der Waals surface area contributed by atoms with Crippen LogP contribution in [0.1, 0.15) is 77.3 Å². The lowest BCUT2D eigenvalue weighted by molar-refractivity contribution is -0.116. The maximum Gasteiger partial charge on any atom is 0.341 e. The normalized spacial score (nSPS) is 14.5. The minimum atomic E-state index is -0.512. The van der Waals surface area contributed by atoms with Crippen molar-refractivity contribution in [3.8, 4) is 5.75 Å². The number of rotatable bonds is 14. The van der Waals surface area contributed by atoms with E-state index in [9.17, 15) is 19.2 Å². The second-order valence-corrected chi connectivity index (χ2v) is 14.5. The molecule has 3 amide bonds. The fraction of sp³-hybridized carbons (Fsp3) is 0.300. The molecule has 1 aliphatic carbocycles. The Morgan fingerprint density at radius 1 is 0.941 bits per heavy atom. The predicted molar refractivity (Wildman–Crippen MR) is 205 cm³/mol. The molecule has 0 fully saturated rings. The van der Waals surface area contributed by atoms with Gasteiger partial charge in [-0.3, -0.25) is 14.4 Å². The van der Waals surface area contributed by atoms with Crippen molar-refractivity contribution in [2.24, 2.45) is 5.92 Å². The van der Waals surface area contributed by atoms with E-state index < -0.39 is 23.0 Å². The first-order valence-electron chi connectivity index (χ1n) is 17.2. The highest BCUT2D eigenvalue weighted by Crippen LogP contribution is 2.41. The number of esters is 1. The molecule has 3 aromatic carbocycles. The van der Waals surface area contributed by atoms with Crippen LogP contribution in [0.15, 0.2) is 89.5 Å². The van der Waals surface area contributed by atoms with E-state index in [-0.39, 0.29) is 18.2 Å². The molecule has 4 aromatic rings. The molecule has 0 spiro atoms. The summed E-state index contributed by atoms with van der Waals surface area (Å²) in [7, 11) is 0. The zero-order valence-electron chi connectivity index (χ0n) is 29.2. The number of carbonyl (C=O) groups excluding carboxylic acids is 4. The topological polar surface area (TPSA) is 123 Å². The number of hydrogen-bond acceptors (Lipinski definition) is 8. The molecular weight excluding hydrogens is 683 g/mol. The summed E-state index contributed by atoms with van der Waals surface area (Å²) in [6, 6.07) is 23.1. The Kier molecular flexibility index (Phi) is 13.1. The number of amides is 3. The Balaban J connectivity index is 1.32. The molecule has 1 heterocycles. The number of nitrogens with one attached hydrogen (secondary N) is 3. The Bertz CT molecular complexity index is 1890. The highest BCUT2D eigenvalue weighted by Gasteiger charge is 2.30. The maximum atomic E-state index is 13.7. The summed E-state index contributed by atoms with van der Waals surface area (Å²) >= 11 is 2.84. The van der Waals surface area contributed by atoms with Crippen LogP contribution >= 0.6 is 23.1 Å². The van der Waals surface area contributed by atoms with E-state index in [1.165, 1.54) is 23.1 Å². The van der Waals surface area contributed by atoms with Gasteiger partial charge in [0.05, 0.1) is 24.0 Å². The number of thioether (sulfide) groups is 1. The van der Waals surface area contributed by atoms with Crippen LogP contribution in [0.25, 0.3) is 6.08 Å². The molecule has 2 unspecified atom stereocenters. The number of anilines is 2. The highest BCUT2D eigenvalue weighted by molar-refractivity contribution is 8.00. The predicted octanol–water partition coefficient (Wildman–Crippen LogP) is 8.37. The number of hydrogen-bond donors (Lipinski definition) is 3. The molecule has 9 nitrogen and oxygen atoms in total. The van der Waals surface area contributed by atoms with Gasteiger partial charge in [-0.1, -0.05) is 50.2 Å². The zero-order valence-corrected chi connectivity index (χ0v) is 30.9. The van der Waals surface area contributed by atoms with E-state index in [1.54, 1.807) is 67.6 Å². The fourth-order valence-electron chi connectivity index (χ4n) is 5.72. The molecule has 5 rings (SSSR count). The Labute approximate surface area is 307 Å². The molecule has 3 N–H and O–H groups in total. The molecule has 2 atom stereocenters. The van der Waals surface area contributed by atoms with Crippen LogP contribution in [0.4, 0.5) is 10.7 Å². The van der Waals surface area contributed by atoms with E-state index in [0.29, 0.717) is 52.1 Å². The van der Waals surface area contributed by atoms with Gasteiger partial charge in [-0.2, -0.15) is 0 Å². The molecule has 51 heavy (non-hydrogen) atoms. The van der Waals surface area contributed by atoms with E-state index in [4.69, 9.17) is 9.47 Å². The fourth-order valence-corrected chi connectivity index (χ4v) is 8.13. The summed E-state index contributed by atoms with van der Waals surface area (Å²) in [5.41, 5.74) is 3.14. The number of ether oxygens (including phenoxy) is 2. The smallest absolute Gasteiger partial charge is 0.341 e. The minimum absolute atomic E-state index is 0.0577. The van der Waals surface area contributed by atoms with Crippen molar-refractivity contribution in [2.75, 3.05) is 23.8 Å². The SMILES string of the molecule is CCOC(=O)c1c(NC(=O)C(CC)Sc2cccc(NC(=O)/C(=C\c3ccc(OCC)cc3)NC(=O)c3ccccc3)c2)sc2c1CCC(C)C2. The third kappa shape index (κ3) is 9.89. The van der Waals surface area contributed by atoms with Gasteiger partial charge < -0.3 is 25.4 Å². The monoisotopic (exact) mass is 725 g/mol. The molecular formula is C40H43N3O6S2.